The van der Waals surface area contributed by atoms with E-state index in [4.69, 9.17) is 9.47 Å². The predicted octanol–water partition coefficient (Wildman–Crippen LogP) is 3.19. The Bertz CT molecular complexity index is 714. The van der Waals surface area contributed by atoms with Gasteiger partial charge < -0.3 is 14.4 Å². The van der Waals surface area contributed by atoms with E-state index in [-0.39, 0.29) is 11.4 Å². The molecule has 0 aromatic heterocycles. The highest BCUT2D eigenvalue weighted by Gasteiger charge is 2.62. The van der Waals surface area contributed by atoms with Crippen molar-refractivity contribution in [1.29, 1.82) is 0 Å². The molecule has 0 radical (unpaired) electrons. The number of nitrogens with zero attached hydrogens (tertiary/aromatic N) is 2. The topological polar surface area (TPSA) is 42.0 Å². The van der Waals surface area contributed by atoms with Gasteiger partial charge in [0.15, 0.2) is 0 Å². The Morgan fingerprint density at radius 1 is 1.07 bits per heavy atom. The number of para-hydroxylation sites is 2. The standard InChI is InChI=1S/C23H32N2O3/c1-27-21-5-3-2-4-20(21)25-8-6-24(7-9-25)10-11-28-22(26)23-15-17-12-18(16-23)14-19(23)13-17/h2-5,17-19H,6-16H2,1H3/t17-,18+,19?,23?. The highest BCUT2D eigenvalue weighted by atomic mass is 16.5. The third kappa shape index (κ3) is 3.08. The van der Waals surface area contributed by atoms with Crippen molar-refractivity contribution in [3.05, 3.63) is 24.3 Å². The molecule has 4 bridgehead atoms. The summed E-state index contributed by atoms with van der Waals surface area (Å²) in [5.41, 5.74) is 1.07. The number of piperazine rings is 1. The number of rotatable bonds is 6. The van der Waals surface area contributed by atoms with Gasteiger partial charge in [-0.3, -0.25) is 9.69 Å². The molecule has 28 heavy (non-hydrogen) atoms. The van der Waals surface area contributed by atoms with Crippen LogP contribution in [0.15, 0.2) is 24.3 Å². The van der Waals surface area contributed by atoms with Crippen molar-refractivity contribution in [2.45, 2.75) is 32.1 Å². The van der Waals surface area contributed by atoms with Gasteiger partial charge in [0.1, 0.15) is 12.4 Å². The van der Waals surface area contributed by atoms with Crippen molar-refractivity contribution in [2.24, 2.45) is 23.2 Å². The predicted molar refractivity (Wildman–Crippen MR) is 109 cm³/mol. The molecule has 2 unspecified atom stereocenters. The van der Waals surface area contributed by atoms with Crippen molar-refractivity contribution in [3.63, 3.8) is 0 Å². The number of carbonyl (C=O) groups excluding carboxylic acids is 1. The number of hydrogen-bond donors (Lipinski definition) is 0. The number of ether oxygens (including phenoxy) is 2. The van der Waals surface area contributed by atoms with E-state index >= 15 is 0 Å². The Morgan fingerprint density at radius 3 is 2.50 bits per heavy atom. The second kappa shape index (κ2) is 7.25. The Morgan fingerprint density at radius 2 is 1.79 bits per heavy atom. The normalized spacial score (nSPS) is 34.0. The summed E-state index contributed by atoms with van der Waals surface area (Å²) >= 11 is 0. The van der Waals surface area contributed by atoms with E-state index in [1.165, 1.54) is 24.9 Å². The Balaban J connectivity index is 1.09. The van der Waals surface area contributed by atoms with Gasteiger partial charge in [0.05, 0.1) is 18.2 Å². The first-order valence-corrected chi connectivity index (χ1v) is 11.0. The summed E-state index contributed by atoms with van der Waals surface area (Å²) in [5.74, 6) is 3.27. The van der Waals surface area contributed by atoms with E-state index in [0.717, 1.165) is 63.2 Å². The largest absolute Gasteiger partial charge is 0.495 e. The van der Waals surface area contributed by atoms with Crippen molar-refractivity contribution >= 4 is 11.7 Å². The smallest absolute Gasteiger partial charge is 0.312 e. The average molecular weight is 385 g/mol. The molecular weight excluding hydrogens is 352 g/mol. The highest BCUT2D eigenvalue weighted by molar-refractivity contribution is 5.78. The maximum absolute atomic E-state index is 12.9. The van der Waals surface area contributed by atoms with Crippen LogP contribution >= 0.6 is 0 Å². The van der Waals surface area contributed by atoms with E-state index in [1.807, 2.05) is 12.1 Å². The van der Waals surface area contributed by atoms with E-state index in [2.05, 4.69) is 21.9 Å². The summed E-state index contributed by atoms with van der Waals surface area (Å²) in [6.07, 6.45) is 6.12. The summed E-state index contributed by atoms with van der Waals surface area (Å²) in [6, 6.07) is 8.21. The van der Waals surface area contributed by atoms with Crippen LogP contribution in [0.2, 0.25) is 0 Å². The lowest BCUT2D eigenvalue weighted by Gasteiger charge is -2.36. The zero-order valence-corrected chi connectivity index (χ0v) is 16.9. The first-order valence-electron chi connectivity index (χ1n) is 11.0. The zero-order chi connectivity index (χ0) is 19.1. The van der Waals surface area contributed by atoms with Gasteiger partial charge in [0.2, 0.25) is 0 Å². The summed E-state index contributed by atoms with van der Waals surface area (Å²) < 4.78 is 11.3. The zero-order valence-electron chi connectivity index (χ0n) is 16.9. The molecule has 1 saturated heterocycles. The van der Waals surface area contributed by atoms with Gasteiger partial charge in [-0.15, -0.1) is 0 Å². The van der Waals surface area contributed by atoms with Crippen molar-refractivity contribution in [1.82, 2.24) is 4.90 Å². The lowest BCUT2D eigenvalue weighted by Crippen LogP contribution is -2.47. The number of methoxy groups -OCH3 is 1. The minimum Gasteiger partial charge on any atom is -0.495 e. The average Bonchev–Trinajstić information content (AvgIpc) is 3.13. The second-order valence-electron chi connectivity index (χ2n) is 9.34. The van der Waals surface area contributed by atoms with Crippen LogP contribution < -0.4 is 9.64 Å². The molecule has 4 saturated carbocycles. The third-order valence-electron chi connectivity index (χ3n) is 7.84. The van der Waals surface area contributed by atoms with E-state index in [1.54, 1.807) is 7.11 Å². The number of benzene rings is 1. The molecular formula is C23H32N2O3. The van der Waals surface area contributed by atoms with Gasteiger partial charge in [-0.1, -0.05) is 12.1 Å². The summed E-state index contributed by atoms with van der Waals surface area (Å²) in [7, 11) is 1.73. The SMILES string of the molecule is COc1ccccc1N1CCN(CCOC(=O)C23C[C@@H]4CC2C[C@@H](C4)C3)CC1. The molecule has 1 aromatic rings. The molecule has 6 rings (SSSR count). The third-order valence-corrected chi connectivity index (χ3v) is 7.84. The fourth-order valence-electron chi connectivity index (χ4n) is 6.64. The van der Waals surface area contributed by atoms with E-state index < -0.39 is 0 Å². The van der Waals surface area contributed by atoms with Crippen LogP contribution in [0, 0.1) is 23.2 Å². The molecule has 5 nitrogen and oxygen atoms in total. The molecule has 4 aliphatic carbocycles. The van der Waals surface area contributed by atoms with E-state index in [9.17, 15) is 4.79 Å². The number of anilines is 1. The molecule has 4 atom stereocenters. The van der Waals surface area contributed by atoms with Crippen molar-refractivity contribution in [3.8, 4) is 5.75 Å². The molecule has 5 fully saturated rings. The van der Waals surface area contributed by atoms with Crippen LogP contribution in [0.4, 0.5) is 5.69 Å². The van der Waals surface area contributed by atoms with Crippen LogP contribution in [-0.4, -0.2) is 57.3 Å². The lowest BCUT2D eigenvalue weighted by molar-refractivity contribution is -0.158. The van der Waals surface area contributed by atoms with Crippen molar-refractivity contribution < 1.29 is 14.3 Å². The number of esters is 1. The fourth-order valence-corrected chi connectivity index (χ4v) is 6.64. The van der Waals surface area contributed by atoms with Crippen LogP contribution in [-0.2, 0) is 9.53 Å². The van der Waals surface area contributed by atoms with E-state index in [0.29, 0.717) is 12.5 Å². The van der Waals surface area contributed by atoms with Gasteiger partial charge in [-0.05, 0) is 62.0 Å². The first-order chi connectivity index (χ1) is 13.7. The fraction of sp³-hybridized carbons (Fsp3) is 0.696. The highest BCUT2D eigenvalue weighted by Crippen LogP contribution is 2.65. The number of hydrogen-bond acceptors (Lipinski definition) is 5. The maximum Gasteiger partial charge on any atom is 0.312 e. The summed E-state index contributed by atoms with van der Waals surface area (Å²) in [4.78, 5) is 17.7. The van der Waals surface area contributed by atoms with Gasteiger partial charge >= 0.3 is 5.97 Å². The second-order valence-corrected chi connectivity index (χ2v) is 9.34. The van der Waals surface area contributed by atoms with Crippen LogP contribution in [0.25, 0.3) is 0 Å². The van der Waals surface area contributed by atoms with Gasteiger partial charge in [-0.2, -0.15) is 0 Å². The minimum absolute atomic E-state index is 0.101. The molecule has 5 aliphatic rings. The van der Waals surface area contributed by atoms with Gasteiger partial charge in [-0.25, -0.2) is 0 Å². The Kier molecular flexibility index (Phi) is 4.74. The van der Waals surface area contributed by atoms with Crippen LogP contribution in [0.1, 0.15) is 32.1 Å². The molecule has 0 spiro atoms. The van der Waals surface area contributed by atoms with Gasteiger partial charge in [0, 0.05) is 32.7 Å². The molecule has 0 amide bonds. The Hall–Kier alpha value is -1.75. The van der Waals surface area contributed by atoms with Crippen LogP contribution in [0.5, 0.6) is 5.75 Å². The minimum atomic E-state index is -0.101. The Labute approximate surface area is 168 Å². The first kappa shape index (κ1) is 18.3. The molecule has 1 aliphatic heterocycles. The quantitative estimate of drug-likeness (QED) is 0.705. The molecule has 152 valence electrons. The summed E-state index contributed by atoms with van der Waals surface area (Å²) in [5, 5.41) is 0. The molecule has 0 N–H and O–H groups in total. The number of carbonyl (C=O) groups is 1. The maximum atomic E-state index is 12.9. The lowest BCUT2D eigenvalue weighted by atomic mass is 9.75. The molecule has 1 heterocycles. The molecule has 1 aromatic carbocycles. The molecule has 5 heteroatoms. The summed E-state index contributed by atoms with van der Waals surface area (Å²) in [6.45, 7) is 5.32. The van der Waals surface area contributed by atoms with Crippen LogP contribution in [0.3, 0.4) is 0 Å². The van der Waals surface area contributed by atoms with Crippen molar-refractivity contribution in [2.75, 3.05) is 51.3 Å². The monoisotopic (exact) mass is 384 g/mol. The van der Waals surface area contributed by atoms with Gasteiger partial charge in [0.25, 0.3) is 0 Å².